The molecule has 2 aromatic rings. The van der Waals surface area contributed by atoms with Gasteiger partial charge in [-0.2, -0.15) is 0 Å². The minimum Gasteiger partial charge on any atom is -0.466 e. The van der Waals surface area contributed by atoms with E-state index >= 15 is 0 Å². The van der Waals surface area contributed by atoms with Gasteiger partial charge in [-0.3, -0.25) is 14.4 Å². The summed E-state index contributed by atoms with van der Waals surface area (Å²) in [5, 5.41) is 21.5. The number of amides is 2. The van der Waals surface area contributed by atoms with Crippen LogP contribution in [0.1, 0.15) is 40.0 Å². The molecule has 6 atom stereocenters. The first kappa shape index (κ1) is 25.0. The van der Waals surface area contributed by atoms with Crippen molar-refractivity contribution < 1.29 is 24.2 Å². The summed E-state index contributed by atoms with van der Waals surface area (Å²) in [6.45, 7) is 5.90. The Morgan fingerprint density at radius 3 is 2.83 bits per heavy atom. The highest BCUT2D eigenvalue weighted by Crippen LogP contribution is 2.66. The monoisotopic (exact) mass is 515 g/mol. The Morgan fingerprint density at radius 2 is 2.11 bits per heavy atom. The number of rotatable bonds is 9. The van der Waals surface area contributed by atoms with Gasteiger partial charge in [0.1, 0.15) is 18.2 Å². The molecular weight excluding hydrogens is 482 g/mol. The van der Waals surface area contributed by atoms with Crippen LogP contribution in [-0.4, -0.2) is 78.1 Å². The molecule has 194 valence electrons. The van der Waals surface area contributed by atoms with Crippen molar-refractivity contribution in [2.75, 3.05) is 13.2 Å². The number of likely N-dealkylation sites (tertiary alicyclic amines) is 1. The van der Waals surface area contributed by atoms with Crippen LogP contribution in [0.5, 0.6) is 0 Å². The molecule has 0 saturated carbocycles. The number of ether oxygens (including phenoxy) is 1. The summed E-state index contributed by atoms with van der Waals surface area (Å²) in [6, 6.07) is 6.18. The van der Waals surface area contributed by atoms with E-state index in [9.17, 15) is 19.5 Å². The lowest BCUT2D eigenvalue weighted by molar-refractivity contribution is -0.154. The number of esters is 1. The van der Waals surface area contributed by atoms with Gasteiger partial charge in [0.15, 0.2) is 0 Å². The highest BCUT2D eigenvalue weighted by Gasteiger charge is 2.74. The summed E-state index contributed by atoms with van der Waals surface area (Å²) in [5.74, 6) is -1.89. The van der Waals surface area contributed by atoms with Gasteiger partial charge in [-0.25, -0.2) is 4.68 Å². The highest BCUT2D eigenvalue weighted by atomic mass is 32.2. The van der Waals surface area contributed by atoms with Crippen LogP contribution in [0, 0.1) is 17.8 Å². The summed E-state index contributed by atoms with van der Waals surface area (Å²) in [4.78, 5) is 42.4. The molecule has 2 N–H and O–H groups in total. The fourth-order valence-corrected chi connectivity index (χ4v) is 8.59. The third-order valence-electron chi connectivity index (χ3n) is 7.72. The smallest absolute Gasteiger partial charge is 0.310 e. The summed E-state index contributed by atoms with van der Waals surface area (Å²) in [5.41, 5.74) is 1.52. The zero-order valence-corrected chi connectivity index (χ0v) is 21.6. The number of aromatic nitrogens is 3. The summed E-state index contributed by atoms with van der Waals surface area (Å²) in [6.07, 6.45) is 1.97. The minimum atomic E-state index is -0.796. The first-order valence-corrected chi connectivity index (χ1v) is 13.5. The van der Waals surface area contributed by atoms with E-state index in [-0.39, 0.29) is 48.8 Å². The molecule has 4 heterocycles. The van der Waals surface area contributed by atoms with Gasteiger partial charge in [-0.05, 0) is 44.2 Å². The molecule has 1 aromatic carbocycles. The second-order valence-electron chi connectivity index (χ2n) is 10.3. The molecule has 1 spiro atoms. The molecular formula is C25H33N5O5S. The number of carbonyl (C=O) groups excluding carboxylic acids is 3. The zero-order valence-electron chi connectivity index (χ0n) is 20.8. The van der Waals surface area contributed by atoms with Crippen molar-refractivity contribution in [3.63, 3.8) is 0 Å². The van der Waals surface area contributed by atoms with Crippen LogP contribution in [0.2, 0.25) is 0 Å². The predicted molar refractivity (Wildman–Crippen MR) is 134 cm³/mol. The van der Waals surface area contributed by atoms with Crippen LogP contribution < -0.4 is 5.32 Å². The SMILES string of the molecule is CCOC(=O)[C@@H]1[C@H]2C(=O)N([C@@H](CO)CC(C)C)C(C(=O)NCn3nnc4ccccc43)C23CC[C@H]1S3. The average molecular weight is 516 g/mol. The number of carbonyl (C=O) groups is 3. The molecule has 36 heavy (non-hydrogen) atoms. The van der Waals surface area contributed by atoms with Gasteiger partial charge in [-0.15, -0.1) is 16.9 Å². The number of aliphatic hydroxyl groups excluding tert-OH is 1. The van der Waals surface area contributed by atoms with Gasteiger partial charge in [0.25, 0.3) is 0 Å². The van der Waals surface area contributed by atoms with Crippen molar-refractivity contribution in [3.8, 4) is 0 Å². The molecule has 2 unspecified atom stereocenters. The van der Waals surface area contributed by atoms with Gasteiger partial charge < -0.3 is 20.1 Å². The van der Waals surface area contributed by atoms with Crippen molar-refractivity contribution in [3.05, 3.63) is 24.3 Å². The molecule has 3 saturated heterocycles. The number of para-hydroxylation sites is 1. The molecule has 0 aliphatic carbocycles. The zero-order chi connectivity index (χ0) is 25.6. The van der Waals surface area contributed by atoms with Crippen LogP contribution in [0.4, 0.5) is 0 Å². The fourth-order valence-electron chi connectivity index (χ4n) is 6.39. The first-order valence-electron chi connectivity index (χ1n) is 12.7. The normalized spacial score (nSPS) is 29.7. The highest BCUT2D eigenvalue weighted by molar-refractivity contribution is 8.02. The lowest BCUT2D eigenvalue weighted by Crippen LogP contribution is -2.56. The Kier molecular flexibility index (Phi) is 6.71. The van der Waals surface area contributed by atoms with Gasteiger partial charge in [-0.1, -0.05) is 31.2 Å². The molecule has 10 nitrogen and oxygen atoms in total. The first-order chi connectivity index (χ1) is 17.3. The average Bonchev–Trinajstić information content (AvgIpc) is 3.60. The summed E-state index contributed by atoms with van der Waals surface area (Å²) < 4.78 is 6.25. The molecule has 3 aliphatic rings. The second kappa shape index (κ2) is 9.66. The predicted octanol–water partition coefficient (Wildman–Crippen LogP) is 1.57. The number of hydrogen-bond donors (Lipinski definition) is 2. The number of nitrogens with zero attached hydrogens (tertiary/aromatic N) is 4. The van der Waals surface area contributed by atoms with E-state index in [4.69, 9.17) is 4.74 Å². The lowest BCUT2D eigenvalue weighted by Gasteiger charge is -2.37. The summed E-state index contributed by atoms with van der Waals surface area (Å²) in [7, 11) is 0. The van der Waals surface area contributed by atoms with Gasteiger partial charge in [0.2, 0.25) is 11.8 Å². The molecule has 3 aliphatic heterocycles. The summed E-state index contributed by atoms with van der Waals surface area (Å²) >= 11 is 1.59. The number of hydrogen-bond acceptors (Lipinski definition) is 8. The van der Waals surface area contributed by atoms with E-state index in [0.29, 0.717) is 12.8 Å². The molecule has 0 radical (unpaired) electrons. The molecule has 1 aromatic heterocycles. The van der Waals surface area contributed by atoms with Crippen LogP contribution in [0.15, 0.2) is 24.3 Å². The van der Waals surface area contributed by atoms with Crippen molar-refractivity contribution in [1.29, 1.82) is 0 Å². The third-order valence-corrected chi connectivity index (χ3v) is 9.67. The second-order valence-corrected chi connectivity index (χ2v) is 11.9. The number of aliphatic hydroxyl groups is 1. The number of fused-ring (bicyclic) bond motifs is 2. The molecule has 5 rings (SSSR count). The Bertz CT molecular complexity index is 1170. The number of thioether (sulfide) groups is 1. The van der Waals surface area contributed by atoms with Gasteiger partial charge in [0, 0.05) is 5.25 Å². The Hall–Kier alpha value is -2.66. The molecule has 11 heteroatoms. The largest absolute Gasteiger partial charge is 0.466 e. The van der Waals surface area contributed by atoms with E-state index in [1.54, 1.807) is 28.3 Å². The van der Waals surface area contributed by atoms with Gasteiger partial charge in [0.05, 0.1) is 41.4 Å². The van der Waals surface area contributed by atoms with Crippen LogP contribution in [0.3, 0.4) is 0 Å². The van der Waals surface area contributed by atoms with E-state index in [1.807, 2.05) is 38.1 Å². The number of benzene rings is 1. The van der Waals surface area contributed by atoms with Gasteiger partial charge >= 0.3 is 5.97 Å². The Morgan fingerprint density at radius 1 is 1.33 bits per heavy atom. The quantitative estimate of drug-likeness (QED) is 0.482. The van der Waals surface area contributed by atoms with Crippen molar-refractivity contribution in [1.82, 2.24) is 25.2 Å². The van der Waals surface area contributed by atoms with E-state index < -0.39 is 28.7 Å². The Balaban J connectivity index is 1.48. The molecule has 2 amide bonds. The lowest BCUT2D eigenvalue weighted by atomic mass is 9.71. The van der Waals surface area contributed by atoms with Crippen molar-refractivity contribution >= 4 is 40.6 Å². The molecule has 2 bridgehead atoms. The topological polar surface area (TPSA) is 127 Å². The minimum absolute atomic E-state index is 0.0487. The van der Waals surface area contributed by atoms with E-state index in [2.05, 4.69) is 15.6 Å². The van der Waals surface area contributed by atoms with E-state index in [0.717, 1.165) is 17.5 Å². The Labute approximate surface area is 214 Å². The maximum atomic E-state index is 14.0. The van der Waals surface area contributed by atoms with Crippen LogP contribution >= 0.6 is 11.8 Å². The van der Waals surface area contributed by atoms with Crippen molar-refractivity contribution in [2.24, 2.45) is 17.8 Å². The number of nitrogens with one attached hydrogen (secondary N) is 1. The van der Waals surface area contributed by atoms with Crippen LogP contribution in [0.25, 0.3) is 11.0 Å². The standard InChI is InChI=1S/C25H33N5O5S/c1-4-35-24(34)19-18-9-10-25(36-18)20(19)23(33)30(15(12-31)11-14(2)3)21(25)22(32)26-13-29-17-8-6-5-7-16(17)27-28-29/h5-8,14-15,18-21,31H,4,9-13H2,1-3H3,(H,26,32)/t15-,18-,19+,20+,21?,25?/m1/s1. The molecule has 3 fully saturated rings. The fraction of sp³-hybridized carbons (Fsp3) is 0.640. The maximum absolute atomic E-state index is 14.0. The third kappa shape index (κ3) is 3.87. The maximum Gasteiger partial charge on any atom is 0.310 e. The van der Waals surface area contributed by atoms with Crippen molar-refractivity contribution in [2.45, 2.75) is 68.8 Å². The van der Waals surface area contributed by atoms with Crippen LogP contribution in [-0.2, 0) is 25.8 Å². The van der Waals surface area contributed by atoms with E-state index in [1.165, 1.54) is 0 Å².